The number of nitrogens with one attached hydrogen (secondary N) is 1. The third kappa shape index (κ3) is 3.18. The molecular formula is C11H21N3O2S. The van der Waals surface area contributed by atoms with E-state index >= 15 is 0 Å². The number of hydrogen-bond donors (Lipinski definition) is 1. The molecule has 0 radical (unpaired) electrons. The van der Waals surface area contributed by atoms with Crippen LogP contribution in [0.4, 0.5) is 0 Å². The summed E-state index contributed by atoms with van der Waals surface area (Å²) in [5, 5.41) is 11.2. The van der Waals surface area contributed by atoms with Crippen LogP contribution in [0.1, 0.15) is 33.1 Å². The lowest BCUT2D eigenvalue weighted by atomic mass is 10.2. The summed E-state index contributed by atoms with van der Waals surface area (Å²) < 4.78 is 26.2. The molecule has 2 atom stereocenters. The number of nitriles is 1. The second-order valence-corrected chi connectivity index (χ2v) is 6.40. The van der Waals surface area contributed by atoms with E-state index in [1.165, 1.54) is 4.31 Å². The van der Waals surface area contributed by atoms with Gasteiger partial charge in [0.05, 0.1) is 6.07 Å². The number of hydrogen-bond acceptors (Lipinski definition) is 4. The van der Waals surface area contributed by atoms with Gasteiger partial charge in [0.1, 0.15) is 0 Å². The van der Waals surface area contributed by atoms with E-state index in [9.17, 15) is 8.42 Å². The zero-order valence-electron chi connectivity index (χ0n) is 10.5. The maximum Gasteiger partial charge on any atom is 0.230 e. The van der Waals surface area contributed by atoms with Gasteiger partial charge in [-0.25, -0.2) is 8.42 Å². The Morgan fingerprint density at radius 1 is 1.53 bits per heavy atom. The Hall–Kier alpha value is -0.640. The Balaban J connectivity index is 2.92. The molecule has 6 heteroatoms. The quantitative estimate of drug-likeness (QED) is 0.762. The topological polar surface area (TPSA) is 73.2 Å². The first-order valence-corrected chi connectivity index (χ1v) is 7.69. The molecule has 0 aromatic heterocycles. The van der Waals surface area contributed by atoms with Gasteiger partial charge in [0, 0.05) is 19.1 Å². The van der Waals surface area contributed by atoms with Crippen molar-refractivity contribution in [2.45, 2.75) is 44.4 Å². The summed E-state index contributed by atoms with van der Waals surface area (Å²) in [6.07, 6.45) is 1.96. The lowest BCUT2D eigenvalue weighted by Gasteiger charge is -2.28. The second kappa shape index (κ2) is 6.34. The molecule has 1 fully saturated rings. The van der Waals surface area contributed by atoms with Gasteiger partial charge < -0.3 is 5.32 Å². The molecule has 1 aliphatic heterocycles. The highest BCUT2D eigenvalue weighted by atomic mass is 32.2. The van der Waals surface area contributed by atoms with Gasteiger partial charge in [-0.2, -0.15) is 9.57 Å². The van der Waals surface area contributed by atoms with Crippen LogP contribution in [0.15, 0.2) is 0 Å². The molecule has 1 aliphatic rings. The van der Waals surface area contributed by atoms with Crippen molar-refractivity contribution in [1.82, 2.24) is 9.62 Å². The minimum absolute atomic E-state index is 0.0161. The van der Waals surface area contributed by atoms with Crippen LogP contribution in [-0.2, 0) is 10.0 Å². The third-order valence-electron chi connectivity index (χ3n) is 3.09. The summed E-state index contributed by atoms with van der Waals surface area (Å²) >= 11 is 0. The molecule has 0 spiro atoms. The average molecular weight is 259 g/mol. The first-order chi connectivity index (χ1) is 8.07. The van der Waals surface area contributed by atoms with Crippen LogP contribution < -0.4 is 5.32 Å². The predicted octanol–water partition coefficient (Wildman–Crippen LogP) is 0.692. The molecule has 0 amide bonds. The van der Waals surface area contributed by atoms with E-state index in [-0.39, 0.29) is 6.04 Å². The number of rotatable bonds is 6. The van der Waals surface area contributed by atoms with Crippen molar-refractivity contribution in [1.29, 1.82) is 5.26 Å². The molecule has 0 aromatic rings. The zero-order valence-corrected chi connectivity index (χ0v) is 11.3. The fourth-order valence-electron chi connectivity index (χ4n) is 2.16. The molecule has 17 heavy (non-hydrogen) atoms. The van der Waals surface area contributed by atoms with Crippen LogP contribution in [0.5, 0.6) is 0 Å². The van der Waals surface area contributed by atoms with E-state index in [4.69, 9.17) is 5.26 Å². The van der Waals surface area contributed by atoms with Crippen molar-refractivity contribution in [3.63, 3.8) is 0 Å². The van der Waals surface area contributed by atoms with Crippen LogP contribution in [-0.4, -0.2) is 43.6 Å². The molecule has 0 aromatic carbocycles. The summed E-state index contributed by atoms with van der Waals surface area (Å²) in [7, 11) is -3.48. The van der Waals surface area contributed by atoms with Gasteiger partial charge in [-0.15, -0.1) is 0 Å². The van der Waals surface area contributed by atoms with Crippen molar-refractivity contribution in [3.8, 4) is 6.07 Å². The Morgan fingerprint density at radius 3 is 2.65 bits per heavy atom. The maximum atomic E-state index is 12.3. The summed E-state index contributed by atoms with van der Waals surface area (Å²) in [5.74, 6) is 0. The molecule has 98 valence electrons. The highest BCUT2D eigenvalue weighted by Gasteiger charge is 2.36. The molecule has 1 rings (SSSR count). The molecule has 0 aliphatic carbocycles. The van der Waals surface area contributed by atoms with Crippen molar-refractivity contribution in [2.75, 3.05) is 19.6 Å². The predicted molar refractivity (Wildman–Crippen MR) is 66.9 cm³/mol. The Labute approximate surface area is 104 Å². The summed E-state index contributed by atoms with van der Waals surface area (Å²) in [5.41, 5.74) is 0. The average Bonchev–Trinajstić information content (AvgIpc) is 2.80. The Morgan fingerprint density at radius 2 is 2.24 bits per heavy atom. The third-order valence-corrected chi connectivity index (χ3v) is 5.38. The van der Waals surface area contributed by atoms with Gasteiger partial charge in [-0.05, 0) is 25.8 Å². The summed E-state index contributed by atoms with van der Waals surface area (Å²) in [6, 6.07) is 1.92. The summed E-state index contributed by atoms with van der Waals surface area (Å²) in [6.45, 7) is 5.75. The monoisotopic (exact) mass is 259 g/mol. The number of nitrogens with zero attached hydrogens (tertiary/aromatic N) is 2. The van der Waals surface area contributed by atoms with Gasteiger partial charge in [0.25, 0.3) is 0 Å². The standard InChI is InChI=1S/C11H21N3O2S/c1-3-7-14(10-5-6-13-9-10)17(15,16)11(4-2)8-12/h10-11,13H,3-7,9H2,1-2H3. The van der Waals surface area contributed by atoms with Crippen molar-refractivity contribution < 1.29 is 8.42 Å². The first kappa shape index (κ1) is 14.4. The fraction of sp³-hybridized carbons (Fsp3) is 0.909. The van der Waals surface area contributed by atoms with E-state index < -0.39 is 15.3 Å². The molecule has 0 bridgehead atoms. The molecule has 5 nitrogen and oxygen atoms in total. The highest BCUT2D eigenvalue weighted by Crippen LogP contribution is 2.19. The van der Waals surface area contributed by atoms with Crippen LogP contribution >= 0.6 is 0 Å². The van der Waals surface area contributed by atoms with Gasteiger partial charge in [-0.3, -0.25) is 0 Å². The van der Waals surface area contributed by atoms with E-state index in [0.717, 1.165) is 19.4 Å². The minimum atomic E-state index is -3.48. The minimum Gasteiger partial charge on any atom is -0.315 e. The Kier molecular flexibility index (Phi) is 5.37. The summed E-state index contributed by atoms with van der Waals surface area (Å²) in [4.78, 5) is 0. The molecule has 0 saturated carbocycles. The normalized spacial score (nSPS) is 22.6. The van der Waals surface area contributed by atoms with Crippen molar-refractivity contribution >= 4 is 10.0 Å². The van der Waals surface area contributed by atoms with Gasteiger partial charge in [0.2, 0.25) is 10.0 Å². The van der Waals surface area contributed by atoms with Crippen LogP contribution in [0.2, 0.25) is 0 Å². The van der Waals surface area contributed by atoms with E-state index in [2.05, 4.69) is 5.32 Å². The molecule has 1 N–H and O–H groups in total. The van der Waals surface area contributed by atoms with E-state index in [0.29, 0.717) is 19.5 Å². The zero-order chi connectivity index (χ0) is 12.9. The molecule has 2 unspecified atom stereocenters. The smallest absolute Gasteiger partial charge is 0.230 e. The van der Waals surface area contributed by atoms with Crippen LogP contribution in [0.25, 0.3) is 0 Å². The van der Waals surface area contributed by atoms with E-state index in [1.807, 2.05) is 13.0 Å². The molecular weight excluding hydrogens is 238 g/mol. The first-order valence-electron chi connectivity index (χ1n) is 6.18. The van der Waals surface area contributed by atoms with Gasteiger partial charge in [-0.1, -0.05) is 13.8 Å². The molecule has 1 saturated heterocycles. The van der Waals surface area contributed by atoms with Crippen molar-refractivity contribution in [3.05, 3.63) is 0 Å². The lowest BCUT2D eigenvalue weighted by Crippen LogP contribution is -2.46. The van der Waals surface area contributed by atoms with Crippen LogP contribution in [0.3, 0.4) is 0 Å². The highest BCUT2D eigenvalue weighted by molar-refractivity contribution is 7.90. The van der Waals surface area contributed by atoms with Gasteiger partial charge in [0.15, 0.2) is 5.25 Å². The fourth-order valence-corrected chi connectivity index (χ4v) is 4.07. The lowest BCUT2D eigenvalue weighted by molar-refractivity contribution is 0.332. The maximum absolute atomic E-state index is 12.3. The largest absolute Gasteiger partial charge is 0.315 e. The van der Waals surface area contributed by atoms with E-state index in [1.54, 1.807) is 6.92 Å². The molecule has 1 heterocycles. The van der Waals surface area contributed by atoms with Gasteiger partial charge >= 0.3 is 0 Å². The van der Waals surface area contributed by atoms with Crippen LogP contribution in [0, 0.1) is 11.3 Å². The second-order valence-electron chi connectivity index (χ2n) is 4.33. The Bertz CT molecular complexity index is 369. The van der Waals surface area contributed by atoms with Crippen molar-refractivity contribution in [2.24, 2.45) is 0 Å². The number of sulfonamides is 1. The SMILES string of the molecule is CCCN(C1CCNC1)S(=O)(=O)C(C#N)CC.